The van der Waals surface area contributed by atoms with E-state index in [2.05, 4.69) is 15.5 Å². The largest absolute Gasteiger partial charge is 0.490 e. The molecule has 0 bridgehead atoms. The van der Waals surface area contributed by atoms with Crippen LogP contribution >= 0.6 is 0 Å². The van der Waals surface area contributed by atoms with Crippen LogP contribution in [0.5, 0.6) is 11.5 Å². The van der Waals surface area contributed by atoms with Crippen LogP contribution in [0.2, 0.25) is 0 Å². The van der Waals surface area contributed by atoms with Gasteiger partial charge < -0.3 is 14.8 Å². The van der Waals surface area contributed by atoms with Gasteiger partial charge in [-0.2, -0.15) is 5.10 Å². The van der Waals surface area contributed by atoms with Gasteiger partial charge in [-0.25, -0.2) is 0 Å². The van der Waals surface area contributed by atoms with Gasteiger partial charge in [0, 0.05) is 18.1 Å². The molecule has 2 aromatic rings. The van der Waals surface area contributed by atoms with Gasteiger partial charge in [-0.05, 0) is 18.2 Å². The van der Waals surface area contributed by atoms with E-state index in [4.69, 9.17) is 9.47 Å². The second-order valence-electron chi connectivity index (χ2n) is 4.14. The van der Waals surface area contributed by atoms with Crippen molar-refractivity contribution < 1.29 is 14.3 Å². The lowest BCUT2D eigenvalue weighted by Crippen LogP contribution is -2.12. The molecule has 1 aromatic heterocycles. The zero-order valence-electron chi connectivity index (χ0n) is 10.2. The highest BCUT2D eigenvalue weighted by molar-refractivity contribution is 6.04. The topological polar surface area (TPSA) is 76.2 Å². The summed E-state index contributed by atoms with van der Waals surface area (Å²) >= 11 is 0. The molecule has 98 valence electrons. The summed E-state index contributed by atoms with van der Waals surface area (Å²) in [5, 5.41) is 9.15. The average molecular weight is 259 g/mol. The van der Waals surface area contributed by atoms with Crippen molar-refractivity contribution in [3.05, 3.63) is 36.0 Å². The highest BCUT2D eigenvalue weighted by Crippen LogP contribution is 2.30. The summed E-state index contributed by atoms with van der Waals surface area (Å²) in [4.78, 5) is 12.0. The fourth-order valence-electron chi connectivity index (χ4n) is 1.82. The SMILES string of the molecule is O=C(Nc1ccn[nH]1)c1ccc2c(c1)OCCCO2. The number of rotatable bonds is 2. The Morgan fingerprint density at radius 1 is 1.21 bits per heavy atom. The van der Waals surface area contributed by atoms with Gasteiger partial charge in [-0.1, -0.05) is 0 Å². The van der Waals surface area contributed by atoms with Crippen molar-refractivity contribution in [1.82, 2.24) is 10.2 Å². The lowest BCUT2D eigenvalue weighted by molar-refractivity contribution is 0.102. The number of hydrogen-bond acceptors (Lipinski definition) is 4. The molecule has 1 aliphatic rings. The van der Waals surface area contributed by atoms with Crippen LogP contribution in [-0.4, -0.2) is 29.3 Å². The van der Waals surface area contributed by atoms with E-state index in [1.54, 1.807) is 30.5 Å². The lowest BCUT2D eigenvalue weighted by atomic mass is 10.2. The summed E-state index contributed by atoms with van der Waals surface area (Å²) < 4.78 is 11.1. The van der Waals surface area contributed by atoms with E-state index in [1.807, 2.05) is 0 Å². The van der Waals surface area contributed by atoms with Crippen molar-refractivity contribution in [2.45, 2.75) is 6.42 Å². The first-order valence-electron chi connectivity index (χ1n) is 6.03. The zero-order chi connectivity index (χ0) is 13.1. The number of ether oxygens (including phenoxy) is 2. The molecule has 6 heteroatoms. The van der Waals surface area contributed by atoms with E-state index in [0.717, 1.165) is 6.42 Å². The Balaban J connectivity index is 1.81. The van der Waals surface area contributed by atoms with Crippen LogP contribution in [0, 0.1) is 0 Å². The number of carbonyl (C=O) groups is 1. The molecular formula is C13H13N3O3. The number of aromatic nitrogens is 2. The van der Waals surface area contributed by atoms with E-state index in [9.17, 15) is 4.79 Å². The van der Waals surface area contributed by atoms with E-state index in [0.29, 0.717) is 36.1 Å². The number of nitrogens with one attached hydrogen (secondary N) is 2. The third-order valence-corrected chi connectivity index (χ3v) is 2.76. The quantitative estimate of drug-likeness (QED) is 0.862. The number of benzene rings is 1. The maximum absolute atomic E-state index is 12.0. The number of H-pyrrole nitrogens is 1. The van der Waals surface area contributed by atoms with Crippen LogP contribution in [0.3, 0.4) is 0 Å². The molecular weight excluding hydrogens is 246 g/mol. The van der Waals surface area contributed by atoms with Gasteiger partial charge in [-0.15, -0.1) is 0 Å². The molecule has 0 unspecified atom stereocenters. The molecule has 0 saturated heterocycles. The maximum atomic E-state index is 12.0. The van der Waals surface area contributed by atoms with Crippen LogP contribution < -0.4 is 14.8 Å². The molecule has 3 rings (SSSR count). The van der Waals surface area contributed by atoms with Crippen LogP contribution in [0.4, 0.5) is 5.82 Å². The van der Waals surface area contributed by atoms with Crippen molar-refractivity contribution in [1.29, 1.82) is 0 Å². The predicted octanol–water partition coefficient (Wildman–Crippen LogP) is 1.82. The van der Waals surface area contributed by atoms with Gasteiger partial charge >= 0.3 is 0 Å². The Morgan fingerprint density at radius 3 is 2.84 bits per heavy atom. The number of hydrogen-bond donors (Lipinski definition) is 2. The number of aromatic amines is 1. The summed E-state index contributed by atoms with van der Waals surface area (Å²) in [6.07, 6.45) is 2.41. The van der Waals surface area contributed by atoms with Crippen LogP contribution in [0.25, 0.3) is 0 Å². The molecule has 0 atom stereocenters. The molecule has 0 aliphatic carbocycles. The minimum absolute atomic E-state index is 0.222. The minimum Gasteiger partial charge on any atom is -0.490 e. The molecule has 0 radical (unpaired) electrons. The summed E-state index contributed by atoms with van der Waals surface area (Å²) in [6, 6.07) is 6.83. The normalized spacial score (nSPS) is 13.7. The van der Waals surface area contributed by atoms with Crippen molar-refractivity contribution in [2.24, 2.45) is 0 Å². The molecule has 0 spiro atoms. The third-order valence-electron chi connectivity index (χ3n) is 2.76. The Bertz CT molecular complexity index is 581. The zero-order valence-corrected chi connectivity index (χ0v) is 10.2. The lowest BCUT2D eigenvalue weighted by Gasteiger charge is -2.09. The van der Waals surface area contributed by atoms with Crippen LogP contribution in [0.15, 0.2) is 30.5 Å². The number of fused-ring (bicyclic) bond motifs is 1. The summed E-state index contributed by atoms with van der Waals surface area (Å²) in [6.45, 7) is 1.23. The fraction of sp³-hybridized carbons (Fsp3) is 0.231. The van der Waals surface area contributed by atoms with E-state index >= 15 is 0 Å². The highest BCUT2D eigenvalue weighted by Gasteiger charge is 2.14. The van der Waals surface area contributed by atoms with E-state index in [-0.39, 0.29) is 5.91 Å². The van der Waals surface area contributed by atoms with Crippen molar-refractivity contribution >= 4 is 11.7 Å². The molecule has 1 aromatic carbocycles. The van der Waals surface area contributed by atoms with Gasteiger partial charge in [0.2, 0.25) is 0 Å². The first kappa shape index (κ1) is 11.6. The number of carbonyl (C=O) groups excluding carboxylic acids is 1. The Labute approximate surface area is 109 Å². The first-order valence-corrected chi connectivity index (χ1v) is 6.03. The summed E-state index contributed by atoms with van der Waals surface area (Å²) in [5.74, 6) is 1.61. The number of nitrogens with zero attached hydrogens (tertiary/aromatic N) is 1. The van der Waals surface area contributed by atoms with Gasteiger partial charge in [0.25, 0.3) is 5.91 Å². The van der Waals surface area contributed by atoms with E-state index in [1.165, 1.54) is 0 Å². The van der Waals surface area contributed by atoms with E-state index < -0.39 is 0 Å². The maximum Gasteiger partial charge on any atom is 0.256 e. The van der Waals surface area contributed by atoms with Gasteiger partial charge in [0.15, 0.2) is 11.5 Å². The molecule has 6 nitrogen and oxygen atoms in total. The fourth-order valence-corrected chi connectivity index (χ4v) is 1.82. The predicted molar refractivity (Wildman–Crippen MR) is 68.6 cm³/mol. The Hall–Kier alpha value is -2.50. The van der Waals surface area contributed by atoms with Crippen molar-refractivity contribution in [2.75, 3.05) is 18.5 Å². The van der Waals surface area contributed by atoms with Gasteiger partial charge in [-0.3, -0.25) is 9.89 Å². The van der Waals surface area contributed by atoms with Crippen LogP contribution in [-0.2, 0) is 0 Å². The minimum atomic E-state index is -0.222. The summed E-state index contributed by atoms with van der Waals surface area (Å²) in [7, 11) is 0. The molecule has 1 aliphatic heterocycles. The van der Waals surface area contributed by atoms with Crippen molar-refractivity contribution in [3.63, 3.8) is 0 Å². The van der Waals surface area contributed by atoms with Crippen LogP contribution in [0.1, 0.15) is 16.8 Å². The Kier molecular flexibility index (Phi) is 3.06. The highest BCUT2D eigenvalue weighted by atomic mass is 16.5. The molecule has 2 heterocycles. The molecule has 2 N–H and O–H groups in total. The molecule has 0 saturated carbocycles. The third kappa shape index (κ3) is 2.52. The second-order valence-corrected chi connectivity index (χ2v) is 4.14. The Morgan fingerprint density at radius 2 is 2.05 bits per heavy atom. The molecule has 1 amide bonds. The van der Waals surface area contributed by atoms with Gasteiger partial charge in [0.1, 0.15) is 5.82 Å². The smallest absolute Gasteiger partial charge is 0.256 e. The second kappa shape index (κ2) is 5.01. The van der Waals surface area contributed by atoms with Gasteiger partial charge in [0.05, 0.1) is 19.4 Å². The first-order chi connectivity index (χ1) is 9.33. The molecule has 19 heavy (non-hydrogen) atoms. The number of amides is 1. The number of anilines is 1. The molecule has 0 fully saturated rings. The van der Waals surface area contributed by atoms with Crippen molar-refractivity contribution in [3.8, 4) is 11.5 Å². The summed E-state index contributed by atoms with van der Waals surface area (Å²) in [5.41, 5.74) is 0.513. The standard InChI is InChI=1S/C13H13N3O3/c17-13(15-12-4-5-14-16-12)9-2-3-10-11(8-9)19-7-1-6-18-10/h2-5,8H,1,6-7H2,(H2,14,15,16,17). The average Bonchev–Trinajstić information content (AvgIpc) is 2.81. The monoisotopic (exact) mass is 259 g/mol.